The van der Waals surface area contributed by atoms with Crippen LogP contribution >= 0.6 is 11.3 Å². The maximum atomic E-state index is 11.1. The molecule has 0 saturated carbocycles. The van der Waals surface area contributed by atoms with Gasteiger partial charge >= 0.3 is 23.2 Å². The van der Waals surface area contributed by atoms with Gasteiger partial charge in [-0.1, -0.05) is 0 Å². The molecule has 0 aromatic carbocycles. The number of methoxy groups -OCH3 is 1. The molecule has 0 unspecified atom stereocenters. The van der Waals surface area contributed by atoms with E-state index in [-0.39, 0.29) is 17.1 Å². The summed E-state index contributed by atoms with van der Waals surface area (Å²) >= 11 is 1.00. The number of rotatable bonds is 5. The molecule has 106 valence electrons. The molecule has 9 nitrogen and oxygen atoms in total. The van der Waals surface area contributed by atoms with Crippen LogP contribution in [0, 0.1) is 0 Å². The van der Waals surface area contributed by atoms with Gasteiger partial charge in [-0.15, -0.1) is 11.3 Å². The Morgan fingerprint density at radius 3 is 2.55 bits per heavy atom. The molecule has 2 rings (SSSR count). The van der Waals surface area contributed by atoms with Crippen molar-refractivity contribution in [3.8, 4) is 0 Å². The fourth-order valence-corrected chi connectivity index (χ4v) is 2.32. The van der Waals surface area contributed by atoms with Gasteiger partial charge in [0.25, 0.3) is 0 Å². The van der Waals surface area contributed by atoms with E-state index in [1.165, 1.54) is 13.2 Å². The van der Waals surface area contributed by atoms with Crippen LogP contribution in [0.4, 0.5) is 9.80 Å². The van der Waals surface area contributed by atoms with Crippen molar-refractivity contribution < 1.29 is 19.4 Å². The zero-order chi connectivity index (χ0) is 14.9. The van der Waals surface area contributed by atoms with Gasteiger partial charge in [-0.25, -0.2) is 9.59 Å². The van der Waals surface area contributed by atoms with Crippen molar-refractivity contribution in [3.63, 3.8) is 0 Å². The van der Waals surface area contributed by atoms with Gasteiger partial charge in [0.15, 0.2) is 0 Å². The van der Waals surface area contributed by atoms with Crippen molar-refractivity contribution in [2.75, 3.05) is 12.5 Å². The second-order valence-corrected chi connectivity index (χ2v) is 4.80. The summed E-state index contributed by atoms with van der Waals surface area (Å²) in [4.78, 5) is 44.2. The van der Waals surface area contributed by atoms with Gasteiger partial charge < -0.3 is 15.2 Å². The topological polar surface area (TPSA) is 127 Å². The number of nitrogens with one attached hydrogen (secondary N) is 2. The van der Waals surface area contributed by atoms with E-state index >= 15 is 0 Å². The molecule has 0 aliphatic heterocycles. The number of alkyl carbamates (subject to hydrolysis) is 1. The van der Waals surface area contributed by atoms with Gasteiger partial charge in [-0.05, 0) is 6.07 Å². The molecule has 0 spiro atoms. The average molecular weight is 299 g/mol. The molecule has 0 fully saturated rings. The summed E-state index contributed by atoms with van der Waals surface area (Å²) in [5.74, 6) is -1.21. The van der Waals surface area contributed by atoms with Crippen molar-refractivity contribution in [1.82, 2.24) is 9.99 Å². The summed E-state index contributed by atoms with van der Waals surface area (Å²) in [6.45, 7) is 0.0706. The SMILES string of the molecule is COC(=O)NCc1cc(C(=O)O)c(Nn2c(=O)c2=O)s1. The molecule has 0 aliphatic carbocycles. The Bertz CT molecular complexity index is 713. The van der Waals surface area contributed by atoms with Gasteiger partial charge in [0.1, 0.15) is 5.00 Å². The number of hydrogen-bond donors (Lipinski definition) is 3. The van der Waals surface area contributed by atoms with Crippen LogP contribution in [0.2, 0.25) is 0 Å². The summed E-state index contributed by atoms with van der Waals surface area (Å²) < 4.78 is 5.09. The van der Waals surface area contributed by atoms with Gasteiger partial charge in [0.2, 0.25) is 0 Å². The van der Waals surface area contributed by atoms with Gasteiger partial charge in [-0.2, -0.15) is 4.68 Å². The first-order valence-corrected chi connectivity index (χ1v) is 6.08. The van der Waals surface area contributed by atoms with Gasteiger partial charge in [-0.3, -0.25) is 15.0 Å². The van der Waals surface area contributed by atoms with Gasteiger partial charge in [0, 0.05) is 4.88 Å². The Morgan fingerprint density at radius 1 is 1.40 bits per heavy atom. The molecule has 0 saturated heterocycles. The zero-order valence-electron chi connectivity index (χ0n) is 10.1. The van der Waals surface area contributed by atoms with E-state index in [1.807, 2.05) is 0 Å². The lowest BCUT2D eigenvalue weighted by Gasteiger charge is -2.00. The summed E-state index contributed by atoms with van der Waals surface area (Å²) in [7, 11) is 1.21. The number of carboxylic acid groups (broad SMARTS) is 1. The lowest BCUT2D eigenvalue weighted by molar-refractivity contribution is 0.0698. The molecule has 0 atom stereocenters. The molecule has 10 heteroatoms. The number of carboxylic acids is 1. The van der Waals surface area contributed by atoms with Crippen LogP contribution in [0.15, 0.2) is 15.7 Å². The van der Waals surface area contributed by atoms with E-state index in [0.29, 0.717) is 9.55 Å². The molecule has 2 heterocycles. The number of carbonyl (C=O) groups is 2. The fourth-order valence-electron chi connectivity index (χ4n) is 1.34. The first-order chi connectivity index (χ1) is 9.43. The Kier molecular flexibility index (Phi) is 3.57. The number of nitrogens with zero attached hydrogens (tertiary/aromatic N) is 1. The van der Waals surface area contributed by atoms with E-state index in [4.69, 9.17) is 5.11 Å². The normalized spacial score (nSPS) is 10.4. The Labute approximate surface area is 115 Å². The average Bonchev–Trinajstić information content (AvgIpc) is 2.82. The highest BCUT2D eigenvalue weighted by Gasteiger charge is 2.21. The van der Waals surface area contributed by atoms with Crippen LogP contribution in [0.1, 0.15) is 15.2 Å². The molecule has 1 amide bonds. The van der Waals surface area contributed by atoms with Crippen LogP contribution in [-0.2, 0) is 11.3 Å². The van der Waals surface area contributed by atoms with E-state index in [0.717, 1.165) is 11.3 Å². The predicted molar refractivity (Wildman–Crippen MR) is 68.9 cm³/mol. The maximum Gasteiger partial charge on any atom is 0.407 e. The molecule has 0 aliphatic rings. The number of carbonyl (C=O) groups excluding carboxylic acids is 1. The Hall–Kier alpha value is -2.62. The molecule has 20 heavy (non-hydrogen) atoms. The molecule has 3 N–H and O–H groups in total. The minimum Gasteiger partial charge on any atom is -0.478 e. The highest BCUT2D eigenvalue weighted by atomic mass is 32.1. The minimum atomic E-state index is -1.21. The van der Waals surface area contributed by atoms with Crippen molar-refractivity contribution >= 4 is 28.4 Å². The monoisotopic (exact) mass is 299 g/mol. The first-order valence-electron chi connectivity index (χ1n) is 5.27. The van der Waals surface area contributed by atoms with Crippen LogP contribution in [0.3, 0.4) is 0 Å². The molecular formula is C10H9N3O6S. The van der Waals surface area contributed by atoms with Crippen LogP contribution in [0.25, 0.3) is 0 Å². The van der Waals surface area contributed by atoms with Crippen LogP contribution in [0.5, 0.6) is 0 Å². The zero-order valence-corrected chi connectivity index (χ0v) is 10.9. The summed E-state index contributed by atoms with van der Waals surface area (Å²) in [6, 6.07) is 1.34. The van der Waals surface area contributed by atoms with E-state index in [1.54, 1.807) is 0 Å². The molecule has 2 aromatic heterocycles. The summed E-state index contributed by atoms with van der Waals surface area (Å²) in [6.07, 6.45) is -0.652. The highest BCUT2D eigenvalue weighted by molar-refractivity contribution is 7.16. The highest BCUT2D eigenvalue weighted by Crippen LogP contribution is 2.28. The van der Waals surface area contributed by atoms with Crippen molar-refractivity contribution in [3.05, 3.63) is 37.2 Å². The van der Waals surface area contributed by atoms with E-state index < -0.39 is 23.2 Å². The van der Waals surface area contributed by atoms with Crippen molar-refractivity contribution in [2.24, 2.45) is 0 Å². The lowest BCUT2D eigenvalue weighted by atomic mass is 10.3. The molecular weight excluding hydrogens is 290 g/mol. The summed E-state index contributed by atoms with van der Waals surface area (Å²) in [5.41, 5.74) is 0.857. The molecule has 2 aromatic rings. The van der Waals surface area contributed by atoms with Crippen molar-refractivity contribution in [1.29, 1.82) is 0 Å². The number of amides is 1. The van der Waals surface area contributed by atoms with Crippen molar-refractivity contribution in [2.45, 2.75) is 6.54 Å². The molecule has 0 bridgehead atoms. The third-order valence-corrected chi connectivity index (χ3v) is 3.40. The Morgan fingerprint density at radius 2 is 2.05 bits per heavy atom. The van der Waals surface area contributed by atoms with E-state index in [9.17, 15) is 19.2 Å². The largest absolute Gasteiger partial charge is 0.478 e. The number of hydrogen-bond acceptors (Lipinski definition) is 7. The number of thiophene rings is 1. The quantitative estimate of drug-likeness (QED) is 0.639. The number of aromatic carboxylic acids is 1. The maximum absolute atomic E-state index is 11.1. The molecule has 0 radical (unpaired) electrons. The first kappa shape index (κ1) is 13.8. The number of anilines is 1. The Balaban J connectivity index is 2.18. The predicted octanol–water partition coefficient (Wildman–Crippen LogP) is -0.425. The van der Waals surface area contributed by atoms with Gasteiger partial charge in [0.05, 0.1) is 19.2 Å². The third kappa shape index (κ3) is 2.69. The standard InChI is InChI=1S/C10H9N3O6S/c1-19-10(18)11-3-4-2-5(9(16)17)6(20-4)12-13-7(14)8(13)15/h2,12H,3H2,1H3,(H,11,18)(H,16,17). The van der Waals surface area contributed by atoms with Crippen LogP contribution < -0.4 is 21.9 Å². The second kappa shape index (κ2) is 5.17. The smallest absolute Gasteiger partial charge is 0.407 e. The van der Waals surface area contributed by atoms with Crippen LogP contribution in [-0.4, -0.2) is 29.0 Å². The number of ether oxygens (including phenoxy) is 1. The lowest BCUT2D eigenvalue weighted by Crippen LogP contribution is -2.21. The summed E-state index contributed by atoms with van der Waals surface area (Å²) in [5, 5.41) is 11.6. The number of aromatic nitrogens is 1. The second-order valence-electron chi connectivity index (χ2n) is 3.66. The minimum absolute atomic E-state index is 0.0706. The third-order valence-electron chi connectivity index (χ3n) is 2.36. The fraction of sp³-hybridized carbons (Fsp3) is 0.200. The van der Waals surface area contributed by atoms with E-state index in [2.05, 4.69) is 15.5 Å².